The lowest BCUT2D eigenvalue weighted by atomic mass is 10.2. The molecule has 0 radical (unpaired) electrons. The fourth-order valence-corrected chi connectivity index (χ4v) is 1.72. The maximum absolute atomic E-state index is 13.7. The van der Waals surface area contributed by atoms with Crippen molar-refractivity contribution in [1.29, 1.82) is 0 Å². The van der Waals surface area contributed by atoms with Crippen molar-refractivity contribution in [2.45, 2.75) is 13.8 Å². The molecule has 1 amide bonds. The number of nitrogens with zero attached hydrogens (tertiary/aromatic N) is 3. The molecule has 0 unspecified atom stereocenters. The molecule has 98 valence electrons. The summed E-state index contributed by atoms with van der Waals surface area (Å²) in [6.07, 6.45) is 0. The van der Waals surface area contributed by atoms with Gasteiger partial charge in [0.15, 0.2) is 0 Å². The topological polar surface area (TPSA) is 67.8 Å². The molecule has 19 heavy (non-hydrogen) atoms. The Labute approximate surface area is 117 Å². The van der Waals surface area contributed by atoms with Crippen molar-refractivity contribution in [2.24, 2.45) is 0 Å². The summed E-state index contributed by atoms with van der Waals surface area (Å²) in [6, 6.07) is 4.46. The van der Waals surface area contributed by atoms with E-state index in [0.29, 0.717) is 11.4 Å². The molecule has 2 aromatic rings. The quantitative estimate of drug-likeness (QED) is 0.922. The first-order valence-electron chi connectivity index (χ1n) is 5.42. The molecule has 0 spiro atoms. The standard InChI is InChI=1S/C12H10BrFN4O/c1-6-7(2)17-18-12(15-6)16-11(19)8-4-3-5-9(13)10(8)14/h3-5H,1-2H3,(H,15,16,18,19). The number of aryl methyl sites for hydroxylation is 2. The Kier molecular flexibility index (Phi) is 3.84. The number of rotatable bonds is 2. The lowest BCUT2D eigenvalue weighted by molar-refractivity contribution is 0.102. The van der Waals surface area contributed by atoms with E-state index in [2.05, 4.69) is 36.4 Å². The summed E-state index contributed by atoms with van der Waals surface area (Å²) in [5.41, 5.74) is 1.24. The lowest BCUT2D eigenvalue weighted by Crippen LogP contribution is -2.17. The Morgan fingerprint density at radius 1 is 1.26 bits per heavy atom. The Morgan fingerprint density at radius 3 is 2.68 bits per heavy atom. The molecule has 5 nitrogen and oxygen atoms in total. The zero-order valence-electron chi connectivity index (χ0n) is 10.2. The van der Waals surface area contributed by atoms with Crippen molar-refractivity contribution in [2.75, 3.05) is 5.32 Å². The summed E-state index contributed by atoms with van der Waals surface area (Å²) in [7, 11) is 0. The van der Waals surface area contributed by atoms with Crippen molar-refractivity contribution in [1.82, 2.24) is 15.2 Å². The van der Waals surface area contributed by atoms with Gasteiger partial charge in [-0.3, -0.25) is 10.1 Å². The van der Waals surface area contributed by atoms with Crippen LogP contribution in [0.5, 0.6) is 0 Å². The van der Waals surface area contributed by atoms with Crippen LogP contribution in [-0.2, 0) is 0 Å². The molecule has 0 aliphatic rings. The number of carbonyl (C=O) groups is 1. The maximum Gasteiger partial charge on any atom is 0.261 e. The van der Waals surface area contributed by atoms with E-state index in [1.54, 1.807) is 19.9 Å². The van der Waals surface area contributed by atoms with Gasteiger partial charge in [0.25, 0.3) is 5.91 Å². The average molecular weight is 325 g/mol. The van der Waals surface area contributed by atoms with Gasteiger partial charge >= 0.3 is 0 Å². The number of carbonyl (C=O) groups excluding carboxylic acids is 1. The number of aromatic nitrogens is 3. The van der Waals surface area contributed by atoms with Gasteiger partial charge in [0.1, 0.15) is 5.82 Å². The van der Waals surface area contributed by atoms with Gasteiger partial charge in [0, 0.05) is 0 Å². The number of anilines is 1. The van der Waals surface area contributed by atoms with E-state index in [0.717, 1.165) is 0 Å². The van der Waals surface area contributed by atoms with Gasteiger partial charge in [-0.15, -0.1) is 5.10 Å². The highest BCUT2D eigenvalue weighted by molar-refractivity contribution is 9.10. The minimum absolute atomic E-state index is 0.0486. The van der Waals surface area contributed by atoms with E-state index < -0.39 is 11.7 Å². The van der Waals surface area contributed by atoms with Crippen molar-refractivity contribution >= 4 is 27.8 Å². The Hall–Kier alpha value is -1.89. The molecule has 0 aliphatic carbocycles. The Balaban J connectivity index is 2.26. The van der Waals surface area contributed by atoms with Gasteiger partial charge in [0.2, 0.25) is 5.95 Å². The fourth-order valence-electron chi connectivity index (χ4n) is 1.36. The highest BCUT2D eigenvalue weighted by Crippen LogP contribution is 2.19. The normalized spacial score (nSPS) is 10.3. The van der Waals surface area contributed by atoms with Crippen LogP contribution in [0, 0.1) is 19.7 Å². The largest absolute Gasteiger partial charge is 0.289 e. The van der Waals surface area contributed by atoms with Gasteiger partial charge in [-0.1, -0.05) is 6.07 Å². The summed E-state index contributed by atoms with van der Waals surface area (Å²) < 4.78 is 14.0. The second-order valence-corrected chi connectivity index (χ2v) is 4.72. The molecule has 1 aromatic heterocycles. The summed E-state index contributed by atoms with van der Waals surface area (Å²) in [4.78, 5) is 16.0. The molecule has 0 saturated heterocycles. The van der Waals surface area contributed by atoms with E-state index >= 15 is 0 Å². The van der Waals surface area contributed by atoms with Gasteiger partial charge < -0.3 is 0 Å². The average Bonchev–Trinajstić information content (AvgIpc) is 2.37. The molecule has 1 aromatic carbocycles. The van der Waals surface area contributed by atoms with Gasteiger partial charge in [-0.25, -0.2) is 9.37 Å². The molecule has 0 atom stereocenters. The van der Waals surface area contributed by atoms with E-state index in [1.807, 2.05) is 0 Å². The predicted molar refractivity (Wildman–Crippen MR) is 71.4 cm³/mol. The van der Waals surface area contributed by atoms with Crippen LogP contribution in [0.15, 0.2) is 22.7 Å². The van der Waals surface area contributed by atoms with Gasteiger partial charge in [0.05, 0.1) is 21.4 Å². The van der Waals surface area contributed by atoms with Crippen LogP contribution in [0.3, 0.4) is 0 Å². The predicted octanol–water partition coefficient (Wildman–Crippen LogP) is 2.64. The van der Waals surface area contributed by atoms with E-state index in [4.69, 9.17) is 0 Å². The molecule has 7 heteroatoms. The first-order chi connectivity index (χ1) is 8.99. The van der Waals surface area contributed by atoms with Crippen LogP contribution in [-0.4, -0.2) is 21.1 Å². The Morgan fingerprint density at radius 2 is 2.00 bits per heavy atom. The van der Waals surface area contributed by atoms with Gasteiger partial charge in [-0.2, -0.15) is 5.10 Å². The van der Waals surface area contributed by atoms with Crippen molar-refractivity contribution < 1.29 is 9.18 Å². The molecular weight excluding hydrogens is 315 g/mol. The highest BCUT2D eigenvalue weighted by Gasteiger charge is 2.15. The van der Waals surface area contributed by atoms with Crippen LogP contribution in [0.4, 0.5) is 10.3 Å². The fraction of sp³-hybridized carbons (Fsp3) is 0.167. The number of halogens is 2. The zero-order chi connectivity index (χ0) is 14.0. The SMILES string of the molecule is Cc1nnc(NC(=O)c2cccc(Br)c2F)nc1C. The monoisotopic (exact) mass is 324 g/mol. The maximum atomic E-state index is 13.7. The van der Waals surface area contributed by atoms with Crippen LogP contribution in [0.25, 0.3) is 0 Å². The number of amides is 1. The lowest BCUT2D eigenvalue weighted by Gasteiger charge is -2.06. The number of hydrogen-bond acceptors (Lipinski definition) is 4. The summed E-state index contributed by atoms with van der Waals surface area (Å²) in [5.74, 6) is -1.20. The molecule has 0 saturated carbocycles. The first kappa shape index (κ1) is 13.5. The molecular formula is C12H10BrFN4O. The highest BCUT2D eigenvalue weighted by atomic mass is 79.9. The Bertz CT molecular complexity index is 648. The van der Waals surface area contributed by atoms with E-state index in [9.17, 15) is 9.18 Å². The third-order valence-electron chi connectivity index (χ3n) is 2.51. The van der Waals surface area contributed by atoms with Crippen molar-refractivity contribution in [3.05, 3.63) is 45.4 Å². The summed E-state index contributed by atoms with van der Waals surface area (Å²) in [5, 5.41) is 9.97. The minimum Gasteiger partial charge on any atom is -0.289 e. The van der Waals surface area contributed by atoms with E-state index in [-0.39, 0.29) is 16.0 Å². The number of nitrogens with one attached hydrogen (secondary N) is 1. The van der Waals surface area contributed by atoms with Crippen molar-refractivity contribution in [3.8, 4) is 0 Å². The molecule has 0 bridgehead atoms. The molecule has 0 fully saturated rings. The number of benzene rings is 1. The zero-order valence-corrected chi connectivity index (χ0v) is 11.8. The molecule has 0 aliphatic heterocycles. The molecule has 2 rings (SSSR count). The van der Waals surface area contributed by atoms with Crippen LogP contribution < -0.4 is 5.32 Å². The van der Waals surface area contributed by atoms with Crippen LogP contribution >= 0.6 is 15.9 Å². The molecule has 1 heterocycles. The smallest absolute Gasteiger partial charge is 0.261 e. The van der Waals surface area contributed by atoms with Gasteiger partial charge in [-0.05, 0) is 41.9 Å². The minimum atomic E-state index is -0.628. The first-order valence-corrected chi connectivity index (χ1v) is 6.21. The van der Waals surface area contributed by atoms with Crippen molar-refractivity contribution in [3.63, 3.8) is 0 Å². The van der Waals surface area contributed by atoms with E-state index in [1.165, 1.54) is 12.1 Å². The second-order valence-electron chi connectivity index (χ2n) is 3.86. The summed E-state index contributed by atoms with van der Waals surface area (Å²) >= 11 is 3.02. The second kappa shape index (κ2) is 5.40. The third-order valence-corrected chi connectivity index (χ3v) is 3.13. The summed E-state index contributed by atoms with van der Waals surface area (Å²) in [6.45, 7) is 3.51. The molecule has 1 N–H and O–H groups in total. The van der Waals surface area contributed by atoms with Crippen LogP contribution in [0.1, 0.15) is 21.7 Å². The number of hydrogen-bond donors (Lipinski definition) is 1. The van der Waals surface area contributed by atoms with Crippen LogP contribution in [0.2, 0.25) is 0 Å². The third kappa shape index (κ3) is 2.93.